The standard InChI is InChI=1S/C13H19N3O5/c1-7(18)2-3-8-5-16(13(20)15-12(8)14)11-4-9(19)10(6-17)21-11/h5,9-11,17,19H,2-4,6H2,1H3,(H2,14,15,20)/t9?,10-,11-/m1/s1. The number of Topliss-reactive ketones (excluding diaryl/α,β-unsaturated/α-hetero) is 1. The minimum absolute atomic E-state index is 0.0139. The van der Waals surface area contributed by atoms with Crippen molar-refractivity contribution in [2.75, 3.05) is 12.3 Å². The predicted molar refractivity (Wildman–Crippen MR) is 73.5 cm³/mol. The normalized spacial score (nSPS) is 25.2. The van der Waals surface area contributed by atoms with Crippen LogP contribution in [0.1, 0.15) is 31.6 Å². The lowest BCUT2D eigenvalue weighted by Crippen LogP contribution is -2.29. The lowest BCUT2D eigenvalue weighted by atomic mass is 10.1. The van der Waals surface area contributed by atoms with Gasteiger partial charge in [-0.1, -0.05) is 0 Å². The van der Waals surface area contributed by atoms with Crippen LogP contribution >= 0.6 is 0 Å². The molecular formula is C13H19N3O5. The van der Waals surface area contributed by atoms with Crippen molar-refractivity contribution >= 4 is 11.6 Å². The van der Waals surface area contributed by atoms with Crippen LogP contribution < -0.4 is 11.4 Å². The summed E-state index contributed by atoms with van der Waals surface area (Å²) in [4.78, 5) is 26.7. The van der Waals surface area contributed by atoms with Crippen LogP contribution in [0.4, 0.5) is 5.82 Å². The number of hydrogen-bond acceptors (Lipinski definition) is 7. The topological polar surface area (TPSA) is 128 Å². The SMILES string of the molecule is CC(=O)CCc1cn([C@H]2CC(O)[C@@H](CO)O2)c(=O)nc1N. The number of anilines is 1. The number of aliphatic hydroxyl groups excluding tert-OH is 2. The number of aromatic nitrogens is 2. The largest absolute Gasteiger partial charge is 0.394 e. The van der Waals surface area contributed by atoms with Crippen LogP contribution in [0.25, 0.3) is 0 Å². The average molecular weight is 297 g/mol. The third-order valence-electron chi connectivity index (χ3n) is 3.50. The van der Waals surface area contributed by atoms with Crippen molar-refractivity contribution < 1.29 is 19.7 Å². The number of carbonyl (C=O) groups excluding carboxylic acids is 1. The first kappa shape index (κ1) is 15.6. The summed E-state index contributed by atoms with van der Waals surface area (Å²) in [5, 5.41) is 18.8. The van der Waals surface area contributed by atoms with Crippen molar-refractivity contribution in [2.45, 2.75) is 44.6 Å². The first-order valence-corrected chi connectivity index (χ1v) is 6.73. The zero-order valence-corrected chi connectivity index (χ0v) is 11.7. The first-order valence-electron chi connectivity index (χ1n) is 6.73. The molecule has 1 aliphatic rings. The van der Waals surface area contributed by atoms with Crippen LogP contribution in [0.2, 0.25) is 0 Å². The van der Waals surface area contributed by atoms with Crippen LogP contribution in [0, 0.1) is 0 Å². The van der Waals surface area contributed by atoms with E-state index < -0.39 is 24.1 Å². The van der Waals surface area contributed by atoms with Crippen molar-refractivity contribution in [3.05, 3.63) is 22.2 Å². The molecule has 0 aromatic carbocycles. The Morgan fingerprint density at radius 3 is 2.90 bits per heavy atom. The lowest BCUT2D eigenvalue weighted by Gasteiger charge is -2.16. The van der Waals surface area contributed by atoms with E-state index in [1.54, 1.807) is 0 Å². The molecule has 1 fully saturated rings. The molecule has 2 heterocycles. The molecule has 8 heteroatoms. The lowest BCUT2D eigenvalue weighted by molar-refractivity contribution is -0.116. The van der Waals surface area contributed by atoms with Gasteiger partial charge < -0.3 is 25.5 Å². The van der Waals surface area contributed by atoms with E-state index in [0.717, 1.165) is 0 Å². The summed E-state index contributed by atoms with van der Waals surface area (Å²) in [6.45, 7) is 1.15. The van der Waals surface area contributed by atoms with E-state index in [1.165, 1.54) is 17.7 Å². The van der Waals surface area contributed by atoms with Gasteiger partial charge in [-0.05, 0) is 13.3 Å². The first-order chi connectivity index (χ1) is 9.92. The van der Waals surface area contributed by atoms with Gasteiger partial charge in [-0.15, -0.1) is 0 Å². The van der Waals surface area contributed by atoms with Crippen molar-refractivity contribution in [3.8, 4) is 0 Å². The minimum atomic E-state index is -0.842. The molecule has 1 aliphatic heterocycles. The van der Waals surface area contributed by atoms with Gasteiger partial charge in [-0.3, -0.25) is 4.57 Å². The van der Waals surface area contributed by atoms with Crippen molar-refractivity contribution in [1.82, 2.24) is 9.55 Å². The van der Waals surface area contributed by atoms with Crippen molar-refractivity contribution in [2.24, 2.45) is 0 Å². The molecule has 0 radical (unpaired) electrons. The number of aliphatic hydroxyl groups is 2. The highest BCUT2D eigenvalue weighted by Crippen LogP contribution is 2.27. The van der Waals surface area contributed by atoms with E-state index in [2.05, 4.69) is 4.98 Å². The predicted octanol–water partition coefficient (Wildman–Crippen LogP) is -1.01. The Hall–Kier alpha value is -1.77. The van der Waals surface area contributed by atoms with Crippen molar-refractivity contribution in [1.29, 1.82) is 0 Å². The summed E-state index contributed by atoms with van der Waals surface area (Å²) >= 11 is 0. The van der Waals surface area contributed by atoms with Crippen LogP contribution in [0.3, 0.4) is 0 Å². The fourth-order valence-corrected chi connectivity index (χ4v) is 2.28. The highest BCUT2D eigenvalue weighted by molar-refractivity contribution is 5.75. The fourth-order valence-electron chi connectivity index (χ4n) is 2.28. The van der Waals surface area contributed by atoms with Crippen LogP contribution in [-0.4, -0.2) is 44.4 Å². The quantitative estimate of drug-likeness (QED) is 0.635. The maximum atomic E-state index is 11.9. The molecule has 8 nitrogen and oxygen atoms in total. The number of ketones is 1. The van der Waals surface area contributed by atoms with Crippen LogP contribution in [0.5, 0.6) is 0 Å². The summed E-state index contributed by atoms with van der Waals surface area (Å²) in [5.41, 5.74) is 5.68. The Bertz CT molecular complexity index is 586. The van der Waals surface area contributed by atoms with E-state index >= 15 is 0 Å². The molecule has 0 saturated carbocycles. The average Bonchev–Trinajstić information content (AvgIpc) is 2.78. The fraction of sp³-hybridized carbons (Fsp3) is 0.615. The number of nitrogens with zero attached hydrogens (tertiary/aromatic N) is 2. The van der Waals surface area contributed by atoms with Gasteiger partial charge in [-0.2, -0.15) is 4.98 Å². The zero-order valence-electron chi connectivity index (χ0n) is 11.7. The molecular weight excluding hydrogens is 278 g/mol. The Morgan fingerprint density at radius 2 is 2.33 bits per heavy atom. The smallest absolute Gasteiger partial charge is 0.351 e. The number of nitrogen functional groups attached to an aromatic ring is 1. The highest BCUT2D eigenvalue weighted by Gasteiger charge is 2.35. The number of aryl methyl sites for hydroxylation is 1. The Morgan fingerprint density at radius 1 is 1.62 bits per heavy atom. The molecule has 1 aromatic rings. The molecule has 0 bridgehead atoms. The molecule has 2 rings (SSSR count). The van der Waals surface area contributed by atoms with Gasteiger partial charge in [0.1, 0.15) is 23.9 Å². The Labute approximate surface area is 121 Å². The molecule has 0 amide bonds. The summed E-state index contributed by atoms with van der Waals surface area (Å²) in [6.07, 6.45) is 0.109. The summed E-state index contributed by atoms with van der Waals surface area (Å²) in [6, 6.07) is 0. The van der Waals surface area contributed by atoms with Gasteiger partial charge in [0.05, 0.1) is 12.7 Å². The van der Waals surface area contributed by atoms with Gasteiger partial charge in [0.25, 0.3) is 0 Å². The van der Waals surface area contributed by atoms with E-state index in [-0.39, 0.29) is 24.6 Å². The third kappa shape index (κ3) is 3.46. The molecule has 4 N–H and O–H groups in total. The maximum absolute atomic E-state index is 11.9. The number of rotatable bonds is 5. The number of carbonyl (C=O) groups is 1. The van der Waals surface area contributed by atoms with Gasteiger partial charge in [0.2, 0.25) is 0 Å². The monoisotopic (exact) mass is 297 g/mol. The Balaban J connectivity index is 2.25. The zero-order chi connectivity index (χ0) is 15.6. The van der Waals surface area contributed by atoms with Crippen LogP contribution in [0.15, 0.2) is 11.0 Å². The van der Waals surface area contributed by atoms with Gasteiger partial charge in [-0.25, -0.2) is 4.79 Å². The molecule has 0 aliphatic carbocycles. The van der Waals surface area contributed by atoms with E-state index in [4.69, 9.17) is 15.6 Å². The molecule has 1 saturated heterocycles. The van der Waals surface area contributed by atoms with E-state index in [9.17, 15) is 14.7 Å². The number of ether oxygens (including phenoxy) is 1. The van der Waals surface area contributed by atoms with Crippen LogP contribution in [-0.2, 0) is 16.0 Å². The molecule has 116 valence electrons. The molecule has 1 aromatic heterocycles. The molecule has 3 atom stereocenters. The van der Waals surface area contributed by atoms with Gasteiger partial charge >= 0.3 is 5.69 Å². The van der Waals surface area contributed by atoms with E-state index in [0.29, 0.717) is 18.4 Å². The molecule has 21 heavy (non-hydrogen) atoms. The molecule has 1 unspecified atom stereocenters. The van der Waals surface area contributed by atoms with E-state index in [1.807, 2.05) is 0 Å². The maximum Gasteiger partial charge on any atom is 0.351 e. The molecule has 0 spiro atoms. The summed E-state index contributed by atoms with van der Waals surface area (Å²) < 4.78 is 6.67. The highest BCUT2D eigenvalue weighted by atomic mass is 16.5. The third-order valence-corrected chi connectivity index (χ3v) is 3.50. The van der Waals surface area contributed by atoms with Gasteiger partial charge in [0.15, 0.2) is 0 Å². The second-order valence-corrected chi connectivity index (χ2v) is 5.16. The summed E-state index contributed by atoms with van der Waals surface area (Å²) in [5.74, 6) is 0.106. The Kier molecular flexibility index (Phi) is 4.71. The van der Waals surface area contributed by atoms with Gasteiger partial charge in [0, 0.05) is 24.6 Å². The number of nitrogens with two attached hydrogens (primary N) is 1. The second kappa shape index (κ2) is 6.33. The number of hydrogen-bond donors (Lipinski definition) is 3. The summed E-state index contributed by atoms with van der Waals surface area (Å²) in [7, 11) is 0. The second-order valence-electron chi connectivity index (χ2n) is 5.16. The van der Waals surface area contributed by atoms with Crippen molar-refractivity contribution in [3.63, 3.8) is 0 Å². The minimum Gasteiger partial charge on any atom is -0.394 e.